The van der Waals surface area contributed by atoms with Gasteiger partial charge in [0.1, 0.15) is 11.4 Å². The van der Waals surface area contributed by atoms with Crippen LogP contribution in [0.3, 0.4) is 0 Å². The predicted molar refractivity (Wildman–Crippen MR) is 260 cm³/mol. The highest BCUT2D eigenvalue weighted by atomic mass is 16.6. The quantitative estimate of drug-likeness (QED) is 0.120. The molecule has 2 aliphatic rings. The van der Waals surface area contributed by atoms with Gasteiger partial charge in [-0.25, -0.2) is 0 Å². The Kier molecular flexibility index (Phi) is 9.15. The molecular weight excluding hydrogens is 813 g/mol. The summed E-state index contributed by atoms with van der Waals surface area (Å²) < 4.78 is -2.03. The van der Waals surface area contributed by atoms with E-state index >= 15 is 10.4 Å². The van der Waals surface area contributed by atoms with E-state index < -0.39 is 9.29 Å². The van der Waals surface area contributed by atoms with E-state index in [-0.39, 0.29) is 0 Å². The number of hydrogen-bond acceptors (Lipinski definition) is 6. The van der Waals surface area contributed by atoms with E-state index in [2.05, 4.69) is 24.3 Å². The monoisotopic (exact) mass is 844 g/mol. The Morgan fingerprint density at radius 3 is 0.833 bits per heavy atom. The van der Waals surface area contributed by atoms with Crippen LogP contribution in [0.1, 0.15) is 22.3 Å². The Morgan fingerprint density at radius 1 is 0.288 bits per heavy atom. The zero-order valence-electron chi connectivity index (χ0n) is 35.0. The Balaban J connectivity index is 1.19. The first kappa shape index (κ1) is 39.6. The van der Waals surface area contributed by atoms with Crippen LogP contribution in [0, 0.1) is 55.7 Å². The summed E-state index contributed by atoms with van der Waals surface area (Å²) in [6, 6.07) is 67.8. The topological polar surface area (TPSA) is 141 Å². The van der Waals surface area contributed by atoms with E-state index in [1.807, 2.05) is 133 Å². The highest BCUT2D eigenvalue weighted by Gasteiger charge is 2.48. The van der Waals surface area contributed by atoms with E-state index in [0.717, 1.165) is 0 Å². The van der Waals surface area contributed by atoms with Crippen LogP contribution in [0.15, 0.2) is 194 Å². The molecule has 2 unspecified atom stereocenters. The fraction of sp³-hybridized carbons (Fsp3) is 0. The molecule has 0 bridgehead atoms. The molecule has 0 N–H and O–H groups in total. The highest BCUT2D eigenvalue weighted by Crippen LogP contribution is 2.67. The molecule has 2 aliphatic heterocycles. The molecular formula is C58H32N6O2. The zero-order chi connectivity index (χ0) is 45.2. The SMILES string of the molecule is N#Cc1ccccc1-c1cc(-c2ccccc2C#N)cc([N+]2([O-])c3ccccc3-c3c2ccc2c3-c3ccccc3[N+]2([O-])c2cc(-c3ccccc3C#N)cc(-c3ccccc3C#N)c2)c1. The van der Waals surface area contributed by atoms with Crippen LogP contribution in [-0.2, 0) is 0 Å². The van der Waals surface area contributed by atoms with Crippen molar-refractivity contribution in [2.45, 2.75) is 0 Å². The highest BCUT2D eigenvalue weighted by molar-refractivity contribution is 6.14. The van der Waals surface area contributed by atoms with Crippen molar-refractivity contribution in [3.05, 3.63) is 227 Å². The molecule has 2 heterocycles. The van der Waals surface area contributed by atoms with E-state index in [1.54, 1.807) is 60.7 Å². The van der Waals surface area contributed by atoms with Crippen molar-refractivity contribution in [3.8, 4) is 91.0 Å². The molecule has 2 atom stereocenters. The first-order valence-electron chi connectivity index (χ1n) is 21.2. The van der Waals surface area contributed by atoms with Crippen LogP contribution < -0.4 is 9.29 Å². The summed E-state index contributed by atoms with van der Waals surface area (Å²) in [6.07, 6.45) is 0. The van der Waals surface area contributed by atoms with Gasteiger partial charge in [-0.1, -0.05) is 97.1 Å². The molecule has 0 saturated carbocycles. The van der Waals surface area contributed by atoms with Crippen molar-refractivity contribution in [1.29, 1.82) is 21.0 Å². The molecule has 0 saturated heterocycles. The number of quaternary nitrogens is 2. The van der Waals surface area contributed by atoms with E-state index in [1.165, 1.54) is 0 Å². The van der Waals surface area contributed by atoms with E-state index in [0.29, 0.717) is 123 Å². The van der Waals surface area contributed by atoms with Crippen LogP contribution in [0.5, 0.6) is 0 Å². The Labute approximate surface area is 380 Å². The third-order valence-electron chi connectivity index (χ3n) is 12.9. The summed E-state index contributed by atoms with van der Waals surface area (Å²) in [6.45, 7) is 0. The van der Waals surface area contributed by atoms with Gasteiger partial charge in [-0.05, 0) is 93.0 Å². The number of benzene rings is 9. The van der Waals surface area contributed by atoms with E-state index in [4.69, 9.17) is 0 Å². The second-order valence-corrected chi connectivity index (χ2v) is 16.3. The van der Waals surface area contributed by atoms with Crippen LogP contribution >= 0.6 is 0 Å². The van der Waals surface area contributed by atoms with E-state index in [9.17, 15) is 21.0 Å². The van der Waals surface area contributed by atoms with Crippen LogP contribution in [0.2, 0.25) is 0 Å². The van der Waals surface area contributed by atoms with Crippen molar-refractivity contribution < 1.29 is 0 Å². The lowest BCUT2D eigenvalue weighted by Crippen LogP contribution is -2.30. The Bertz CT molecular complexity index is 3320. The fourth-order valence-corrected chi connectivity index (χ4v) is 9.92. The number of para-hydroxylation sites is 2. The second-order valence-electron chi connectivity index (χ2n) is 16.3. The first-order chi connectivity index (χ1) is 32.3. The van der Waals surface area contributed by atoms with Gasteiger partial charge in [0.15, 0.2) is 22.7 Å². The van der Waals surface area contributed by atoms with Crippen molar-refractivity contribution in [3.63, 3.8) is 0 Å². The summed E-state index contributed by atoms with van der Waals surface area (Å²) >= 11 is 0. The lowest BCUT2D eigenvalue weighted by Gasteiger charge is -2.40. The molecule has 66 heavy (non-hydrogen) atoms. The maximum atomic E-state index is 16.6. The van der Waals surface area contributed by atoms with Crippen molar-refractivity contribution in [2.24, 2.45) is 0 Å². The summed E-state index contributed by atoms with van der Waals surface area (Å²) in [7, 11) is 0. The number of nitriles is 4. The molecule has 0 fully saturated rings. The minimum atomic E-state index is -1.01. The summed E-state index contributed by atoms with van der Waals surface area (Å²) in [5.74, 6) is 0. The van der Waals surface area contributed by atoms with Crippen LogP contribution in [0.4, 0.5) is 34.1 Å². The molecule has 11 rings (SSSR count). The second kappa shape index (κ2) is 15.2. The van der Waals surface area contributed by atoms with Crippen molar-refractivity contribution in [2.75, 3.05) is 0 Å². The van der Waals surface area contributed by atoms with Crippen LogP contribution in [0.25, 0.3) is 66.8 Å². The van der Waals surface area contributed by atoms with Gasteiger partial charge >= 0.3 is 0 Å². The normalized spacial score (nSPS) is 16.1. The molecule has 0 radical (unpaired) electrons. The molecule has 0 amide bonds. The standard InChI is InChI=1S/C58H32N6O2/c59-33-37-13-1-5-17-47(37)41-27-42(48-18-6-2-14-38(48)34-60)30-45(29-41)63(65)53-23-11-9-21-51(53)57-55(63)25-26-56-58(57)52-22-10-12-24-54(52)64(56,66)46-31-43(49-19-7-3-15-39(49)35-61)28-44(32-46)50-20-8-4-16-40(50)36-62/h1-32H. The van der Waals surface area contributed by atoms with Gasteiger partial charge in [-0.15, -0.1) is 0 Å². The lowest BCUT2D eigenvalue weighted by molar-refractivity contribution is 0.702. The van der Waals surface area contributed by atoms with Gasteiger partial charge in [0.2, 0.25) is 0 Å². The molecule has 0 aliphatic carbocycles. The number of rotatable bonds is 6. The molecule has 9 aromatic carbocycles. The smallest absolute Gasteiger partial charge is 0.152 e. The molecule has 306 valence electrons. The summed E-state index contributed by atoms with van der Waals surface area (Å²) in [5, 5.41) is 74.0. The van der Waals surface area contributed by atoms with Gasteiger partial charge in [-0.3, -0.25) is 9.29 Å². The average molecular weight is 845 g/mol. The minimum Gasteiger partial charge on any atom is -0.616 e. The van der Waals surface area contributed by atoms with Crippen molar-refractivity contribution in [1.82, 2.24) is 9.29 Å². The number of nitrogens with zero attached hydrogens (tertiary/aromatic N) is 6. The summed E-state index contributed by atoms with van der Waals surface area (Å²) in [4.78, 5) is 0. The van der Waals surface area contributed by atoms with Gasteiger partial charge in [0.05, 0.1) is 68.8 Å². The fourth-order valence-electron chi connectivity index (χ4n) is 9.92. The number of hydrogen-bond donors (Lipinski definition) is 0. The first-order valence-corrected chi connectivity index (χ1v) is 21.2. The van der Waals surface area contributed by atoms with Crippen LogP contribution in [-0.4, -0.2) is 0 Å². The maximum Gasteiger partial charge on any atom is 0.152 e. The minimum absolute atomic E-state index is 0.355. The Morgan fingerprint density at radius 2 is 0.545 bits per heavy atom. The molecule has 0 aromatic heterocycles. The maximum absolute atomic E-state index is 16.6. The third kappa shape index (κ3) is 5.77. The predicted octanol–water partition coefficient (Wildman–Crippen LogP) is 14.7. The lowest BCUT2D eigenvalue weighted by atomic mass is 9.93. The van der Waals surface area contributed by atoms with Gasteiger partial charge in [-0.2, -0.15) is 21.0 Å². The molecule has 9 aromatic rings. The summed E-state index contributed by atoms with van der Waals surface area (Å²) in [5.41, 5.74) is 11.9. The largest absolute Gasteiger partial charge is 0.616 e. The van der Waals surface area contributed by atoms with Gasteiger partial charge < -0.3 is 10.4 Å². The Hall–Kier alpha value is -9.22. The molecule has 8 nitrogen and oxygen atoms in total. The third-order valence-corrected chi connectivity index (χ3v) is 12.9. The van der Waals surface area contributed by atoms with Crippen molar-refractivity contribution >= 4 is 34.1 Å². The number of fused-ring (bicyclic) bond motifs is 7. The zero-order valence-corrected chi connectivity index (χ0v) is 35.0. The average Bonchev–Trinajstić information content (AvgIpc) is 3.81. The molecule has 8 heteroatoms. The van der Waals surface area contributed by atoms with Gasteiger partial charge in [0, 0.05) is 48.5 Å². The van der Waals surface area contributed by atoms with Gasteiger partial charge in [0.25, 0.3) is 0 Å². The molecule has 0 spiro atoms.